The number of unbranched alkanes of at least 4 members (excludes halogenated alkanes) is 1. The Morgan fingerprint density at radius 1 is 0.382 bits per heavy atom. The fourth-order valence-corrected chi connectivity index (χ4v) is 13.7. The maximum Gasteiger partial charge on any atom is 0.119 e. The number of aromatic nitrogens is 4. The van der Waals surface area contributed by atoms with Crippen molar-refractivity contribution in [1.29, 1.82) is 0 Å². The van der Waals surface area contributed by atoms with Gasteiger partial charge in [0.25, 0.3) is 0 Å². The molecule has 8 heterocycles. The van der Waals surface area contributed by atoms with Crippen molar-refractivity contribution < 1.29 is 4.74 Å². The lowest BCUT2D eigenvalue weighted by Crippen LogP contribution is -2.34. The van der Waals surface area contributed by atoms with Crippen molar-refractivity contribution in [2.24, 2.45) is 71.0 Å². The first-order valence-corrected chi connectivity index (χ1v) is 45.8. The van der Waals surface area contributed by atoms with Crippen LogP contribution >= 0.6 is 0 Å². The maximum atomic E-state index is 5.58. The van der Waals surface area contributed by atoms with Gasteiger partial charge in [-0.1, -0.05) is 235 Å². The fourth-order valence-electron chi connectivity index (χ4n) is 13.7. The van der Waals surface area contributed by atoms with E-state index in [2.05, 4.69) is 254 Å². The summed E-state index contributed by atoms with van der Waals surface area (Å²) in [7, 11) is 0. The van der Waals surface area contributed by atoms with Gasteiger partial charge in [0.2, 0.25) is 0 Å². The zero-order chi connectivity index (χ0) is 82.0. The lowest BCUT2D eigenvalue weighted by Gasteiger charge is -2.32. The molecule has 0 N–H and O–H groups in total. The Kier molecular flexibility index (Phi) is 68.1. The van der Waals surface area contributed by atoms with Gasteiger partial charge in [0, 0.05) is 49.1 Å². The quantitative estimate of drug-likeness (QED) is 0.0478. The molecule has 0 bridgehead atoms. The Labute approximate surface area is 685 Å². The maximum absolute atomic E-state index is 5.58. The number of aryl methyl sites for hydroxylation is 3. The van der Waals surface area contributed by atoms with Crippen LogP contribution in [0.15, 0.2) is 128 Å². The molecule has 9 nitrogen and oxygen atoms in total. The third-order valence-corrected chi connectivity index (χ3v) is 21.4. The number of pyridine rings is 4. The summed E-state index contributed by atoms with van der Waals surface area (Å²) in [6, 6.07) is 28.5. The van der Waals surface area contributed by atoms with Crippen LogP contribution in [0.4, 0.5) is 0 Å². The van der Waals surface area contributed by atoms with E-state index in [1.807, 2.05) is 67.4 Å². The van der Waals surface area contributed by atoms with Crippen LogP contribution in [-0.2, 0) is 19.3 Å². The van der Waals surface area contributed by atoms with Crippen LogP contribution in [0.3, 0.4) is 0 Å². The largest absolute Gasteiger partial charge is 0.494 e. The van der Waals surface area contributed by atoms with E-state index in [9.17, 15) is 0 Å². The summed E-state index contributed by atoms with van der Waals surface area (Å²) in [5.74, 6) is 12.3. The minimum absolute atomic E-state index is 0.597. The van der Waals surface area contributed by atoms with E-state index in [0.717, 1.165) is 103 Å². The normalized spacial score (nSPS) is 16.7. The van der Waals surface area contributed by atoms with Gasteiger partial charge >= 0.3 is 0 Å². The third-order valence-electron chi connectivity index (χ3n) is 21.4. The van der Waals surface area contributed by atoms with E-state index in [0.29, 0.717) is 5.92 Å². The summed E-state index contributed by atoms with van der Waals surface area (Å²) in [5.41, 5.74) is 5.32. The lowest BCUT2D eigenvalue weighted by molar-refractivity contribution is 0.164. The molecule has 1 aromatic carbocycles. The summed E-state index contributed by atoms with van der Waals surface area (Å²) in [4.78, 5) is 26.4. The van der Waals surface area contributed by atoms with Gasteiger partial charge in [-0.15, -0.1) is 0 Å². The number of hydrogen-bond donors (Lipinski definition) is 0. The van der Waals surface area contributed by atoms with Crippen molar-refractivity contribution in [3.05, 3.63) is 151 Å². The van der Waals surface area contributed by atoms with Gasteiger partial charge < -0.3 is 24.3 Å². The first-order chi connectivity index (χ1) is 52.7. The van der Waals surface area contributed by atoms with Crippen LogP contribution in [0.5, 0.6) is 5.75 Å². The summed E-state index contributed by atoms with van der Waals surface area (Å²) in [5, 5.41) is 0. The number of piperidine rings is 3. The van der Waals surface area contributed by atoms with Gasteiger partial charge in [0.05, 0.1) is 6.61 Å². The SMILES string of the molecule is CC(C)C.CC(C)CCN1CCCC1.CC(C)CCN1CCCCC1.CC(C)CCN1CCCCC1.CC(C)CCc1ccccn1.CC(C)CCc1cccnc1.CC(C)CCc1ccncc1.CCC1CCCC1C(C)C.CCCCOc1ccc(C(C)C)cc1.CCN1CCC(C(C)C)CC1.c1ccncc1. The fraction of sp³-hybridized carbons (Fsp3) is 0.743. The van der Waals surface area contributed by atoms with Gasteiger partial charge in [-0.25, -0.2) is 0 Å². The molecule has 4 aromatic heterocycles. The highest BCUT2D eigenvalue weighted by atomic mass is 16.5. The molecule has 5 aliphatic rings. The van der Waals surface area contributed by atoms with Gasteiger partial charge in [0.1, 0.15) is 5.75 Å². The summed E-state index contributed by atoms with van der Waals surface area (Å²) in [6.07, 6.45) is 46.7. The van der Waals surface area contributed by atoms with Crippen LogP contribution in [0.2, 0.25) is 0 Å². The Bertz CT molecular complexity index is 2450. The van der Waals surface area contributed by atoms with Crippen molar-refractivity contribution in [1.82, 2.24) is 39.5 Å². The molecule has 5 aromatic rings. The molecule has 110 heavy (non-hydrogen) atoms. The zero-order valence-corrected chi connectivity index (χ0v) is 77.0. The van der Waals surface area contributed by atoms with Crippen molar-refractivity contribution in [2.45, 2.75) is 333 Å². The zero-order valence-electron chi connectivity index (χ0n) is 77.0. The smallest absolute Gasteiger partial charge is 0.119 e. The molecule has 2 atom stereocenters. The molecule has 0 amide bonds. The molecular weight excluding hydrogens is 1340 g/mol. The van der Waals surface area contributed by atoms with E-state index in [1.165, 1.54) is 242 Å². The number of likely N-dealkylation sites (tertiary alicyclic amines) is 4. The molecule has 632 valence electrons. The van der Waals surface area contributed by atoms with Crippen molar-refractivity contribution >= 4 is 0 Å². The number of rotatable bonds is 27. The van der Waals surface area contributed by atoms with Crippen molar-refractivity contribution in [3.63, 3.8) is 0 Å². The molecule has 4 aliphatic heterocycles. The molecular formula is C101H182N8O. The second-order valence-electron chi connectivity index (χ2n) is 36.4. The van der Waals surface area contributed by atoms with E-state index >= 15 is 0 Å². The van der Waals surface area contributed by atoms with Crippen LogP contribution < -0.4 is 4.74 Å². The van der Waals surface area contributed by atoms with Gasteiger partial charge in [-0.3, -0.25) is 19.9 Å². The molecule has 1 saturated carbocycles. The Hall–Kier alpha value is -4.54. The van der Waals surface area contributed by atoms with Crippen LogP contribution in [0.1, 0.15) is 336 Å². The van der Waals surface area contributed by atoms with Crippen molar-refractivity contribution in [3.8, 4) is 5.75 Å². The molecule has 10 rings (SSSR count). The summed E-state index contributed by atoms with van der Waals surface area (Å²) < 4.78 is 5.58. The molecule has 0 radical (unpaired) electrons. The predicted octanol–water partition coefficient (Wildman–Crippen LogP) is 27.8. The number of hydrogen-bond acceptors (Lipinski definition) is 9. The number of ether oxygens (including phenoxy) is 1. The highest BCUT2D eigenvalue weighted by Gasteiger charge is 2.28. The molecule has 4 saturated heterocycles. The Morgan fingerprint density at radius 2 is 0.827 bits per heavy atom. The molecule has 1 aliphatic carbocycles. The van der Waals surface area contributed by atoms with E-state index in [1.54, 1.807) is 12.4 Å². The van der Waals surface area contributed by atoms with Crippen LogP contribution in [0, 0.1) is 71.0 Å². The first kappa shape index (κ1) is 105. The molecule has 9 heteroatoms. The van der Waals surface area contributed by atoms with Crippen LogP contribution in [0.25, 0.3) is 0 Å². The third kappa shape index (κ3) is 64.8. The topological polar surface area (TPSA) is 73.8 Å². The molecule has 2 unspecified atom stereocenters. The van der Waals surface area contributed by atoms with E-state index < -0.39 is 0 Å². The van der Waals surface area contributed by atoms with E-state index in [-0.39, 0.29) is 0 Å². The Balaban J connectivity index is 0.00000120. The highest BCUT2D eigenvalue weighted by molar-refractivity contribution is 5.29. The lowest BCUT2D eigenvalue weighted by atomic mass is 9.85. The van der Waals surface area contributed by atoms with Gasteiger partial charge in [-0.2, -0.15) is 0 Å². The van der Waals surface area contributed by atoms with Gasteiger partial charge in [-0.05, 0) is 349 Å². The monoisotopic (exact) mass is 1520 g/mol. The van der Waals surface area contributed by atoms with Crippen LogP contribution in [-0.4, -0.2) is 125 Å². The second kappa shape index (κ2) is 71.0. The number of benzene rings is 1. The summed E-state index contributed by atoms with van der Waals surface area (Å²) in [6.45, 7) is 71.3. The molecule has 0 spiro atoms. The van der Waals surface area contributed by atoms with Gasteiger partial charge in [0.15, 0.2) is 0 Å². The minimum atomic E-state index is 0.597. The molecule has 5 fully saturated rings. The average Bonchev–Trinajstić information content (AvgIpc) is 1.70. The predicted molar refractivity (Wildman–Crippen MR) is 488 cm³/mol. The summed E-state index contributed by atoms with van der Waals surface area (Å²) >= 11 is 0. The first-order valence-electron chi connectivity index (χ1n) is 45.8. The Morgan fingerprint density at radius 3 is 1.19 bits per heavy atom. The van der Waals surface area contributed by atoms with Crippen molar-refractivity contribution in [2.75, 3.05) is 85.1 Å². The average molecular weight is 1520 g/mol. The number of nitrogens with zero attached hydrogens (tertiary/aromatic N) is 8. The minimum Gasteiger partial charge on any atom is -0.494 e. The second-order valence-corrected chi connectivity index (χ2v) is 36.4. The highest BCUT2D eigenvalue weighted by Crippen LogP contribution is 2.38. The van der Waals surface area contributed by atoms with E-state index in [4.69, 9.17) is 4.74 Å². The standard InChI is InChI=1S/C13H20O.3C10H15N.3C10H21N.C10H20.C9H19N.C5H5N.C4H10/c1-4-5-10-14-13-8-6-12(7-9-13)11(2)3;1-9(2)3-4-10-5-7-11-8-6-10;1-9(2)5-6-10-4-3-7-11-8-10;1-9(2)6-7-10-5-3-4-8-11-10;2*1-10(2)6-9-11-7-4-3-5-8-11;1-4-11-7-5-10(6-8-11)9(2)3;1-4-9-6-5-7-10(9)8(2)3;1-9(2)5-8-10-6-3-4-7-10;1-2-4-6-5-3-1;1-4(2)3/h6-9,11H,4-5,10H2,1-3H3;5-9H,3-4H2,1-2H3;3-4,7-9H,5-6H2,1-2H3;3-5,8-9H,6-7H2,1-2H3;2*10H,3-9H2,1-2H3;9-10H,4-8H2,1-3H3;8-10H,4-7H2,1-3H3;9H,3-8H2,1-2H3;1-5H;4H,1-3H3.